The second-order valence-electron chi connectivity index (χ2n) is 12.3. The monoisotopic (exact) mass is 725 g/mol. The number of hydrogen-bond donors (Lipinski definition) is 3. The Labute approximate surface area is 302 Å². The van der Waals surface area contributed by atoms with Gasteiger partial charge in [-0.1, -0.05) is 139 Å². The van der Waals surface area contributed by atoms with Crippen LogP contribution in [0.1, 0.15) is 136 Å². The van der Waals surface area contributed by atoms with Gasteiger partial charge in [0.25, 0.3) is 0 Å². The Kier molecular flexibility index (Phi) is 33.5. The molecular weight excluding hydrogens is 657 g/mol. The van der Waals surface area contributed by atoms with E-state index in [2.05, 4.69) is 50.3 Å². The van der Waals surface area contributed by atoms with Crippen LogP contribution < -0.4 is 5.73 Å². The predicted molar refractivity (Wildman–Crippen MR) is 202 cm³/mol. The van der Waals surface area contributed by atoms with Gasteiger partial charge in [-0.2, -0.15) is 0 Å². The largest absolute Gasteiger partial charge is 0.472 e. The Balaban J connectivity index is 4.44. The van der Waals surface area contributed by atoms with Gasteiger partial charge in [-0.25, -0.2) is 4.57 Å². The molecule has 0 bridgehead atoms. The number of allylic oxidation sites excluding steroid dienone is 9. The molecule has 0 aliphatic heterocycles. The fourth-order valence-corrected chi connectivity index (χ4v) is 5.49. The van der Waals surface area contributed by atoms with E-state index in [-0.39, 0.29) is 32.6 Å². The summed E-state index contributed by atoms with van der Waals surface area (Å²) in [6, 6.07) is 0. The van der Waals surface area contributed by atoms with Gasteiger partial charge in [0.15, 0.2) is 6.10 Å². The molecule has 10 nitrogen and oxygen atoms in total. The maximum absolute atomic E-state index is 12.5. The van der Waals surface area contributed by atoms with Gasteiger partial charge in [0.05, 0.1) is 19.3 Å². The number of esters is 2. The minimum Gasteiger partial charge on any atom is -0.462 e. The predicted octanol–water partition coefficient (Wildman–Crippen LogP) is 9.13. The van der Waals surface area contributed by atoms with Crippen LogP contribution in [0.15, 0.2) is 60.8 Å². The quantitative estimate of drug-likeness (QED) is 0.0192. The molecule has 0 aliphatic carbocycles. The van der Waals surface area contributed by atoms with Crippen LogP contribution in [0.25, 0.3) is 0 Å². The van der Waals surface area contributed by atoms with Crippen LogP contribution >= 0.6 is 7.82 Å². The fraction of sp³-hybridized carbons (Fsp3) is 0.692. The first-order valence-corrected chi connectivity index (χ1v) is 20.4. The highest BCUT2D eigenvalue weighted by molar-refractivity contribution is 7.47. The second-order valence-corrected chi connectivity index (χ2v) is 13.7. The van der Waals surface area contributed by atoms with Crippen molar-refractivity contribution in [1.82, 2.24) is 0 Å². The summed E-state index contributed by atoms with van der Waals surface area (Å²) in [5.74, 6) is -1.04. The zero-order chi connectivity index (χ0) is 37.0. The summed E-state index contributed by atoms with van der Waals surface area (Å²) in [7, 11) is -4.42. The molecule has 3 atom stereocenters. The van der Waals surface area contributed by atoms with Gasteiger partial charge in [-0.15, -0.1) is 0 Å². The van der Waals surface area contributed by atoms with Gasteiger partial charge >= 0.3 is 19.8 Å². The molecule has 0 aromatic carbocycles. The fourth-order valence-electron chi connectivity index (χ4n) is 4.72. The van der Waals surface area contributed by atoms with Crippen LogP contribution in [-0.2, 0) is 32.7 Å². The van der Waals surface area contributed by atoms with E-state index in [1.807, 2.05) is 12.2 Å². The van der Waals surface area contributed by atoms with Crippen molar-refractivity contribution in [1.29, 1.82) is 0 Å². The average Bonchev–Trinajstić information content (AvgIpc) is 3.09. The first-order valence-electron chi connectivity index (χ1n) is 18.9. The van der Waals surface area contributed by atoms with Crippen molar-refractivity contribution < 1.29 is 42.7 Å². The van der Waals surface area contributed by atoms with Crippen molar-refractivity contribution in [3.63, 3.8) is 0 Å². The van der Waals surface area contributed by atoms with Crippen LogP contribution in [0, 0.1) is 0 Å². The third-order valence-corrected chi connectivity index (χ3v) is 8.51. The van der Waals surface area contributed by atoms with E-state index in [0.29, 0.717) is 19.3 Å². The van der Waals surface area contributed by atoms with Gasteiger partial charge < -0.3 is 25.2 Å². The molecule has 0 aromatic heterocycles. The molecule has 0 fully saturated rings. The maximum Gasteiger partial charge on any atom is 0.472 e. The number of phosphoric ester groups is 1. The van der Waals surface area contributed by atoms with Crippen molar-refractivity contribution in [2.75, 3.05) is 26.4 Å². The number of hydrogen-bond acceptors (Lipinski definition) is 9. The molecule has 0 heterocycles. The standard InChI is InChI=1S/C39H68NO9P/c1-3-5-7-9-11-13-15-16-18-19-21-23-25-28-36(41)29-27-31-38(42)46-34-37(35-48-50(44,45)47-33-32-40)49-39(43)30-26-24-22-20-17-14-12-10-8-6-4-2/h5,7,11,13,16,18,21,23,25,28,36-37,41H,3-4,6,8-10,12,14-15,17,19-20,22,24,26-27,29-35,40H2,1-2H3,(H,44,45)/b7-5-,13-11-,18-16-,23-21-,28-25+/t36?,37-/m1/s1. The number of ether oxygens (including phenoxy) is 2. The third-order valence-electron chi connectivity index (χ3n) is 7.52. The number of unbranched alkanes of at least 4 members (excludes halogenated alkanes) is 10. The molecule has 288 valence electrons. The number of carbonyl (C=O) groups is 2. The van der Waals surface area contributed by atoms with E-state index in [9.17, 15) is 24.2 Å². The lowest BCUT2D eigenvalue weighted by atomic mass is 10.1. The molecule has 0 aromatic rings. The molecule has 4 N–H and O–H groups in total. The summed E-state index contributed by atoms with van der Waals surface area (Å²) in [5.41, 5.74) is 5.32. The van der Waals surface area contributed by atoms with Crippen molar-refractivity contribution in [3.8, 4) is 0 Å². The number of carbonyl (C=O) groups excluding carboxylic acids is 2. The Morgan fingerprint density at radius 2 is 1.26 bits per heavy atom. The number of phosphoric acid groups is 1. The molecular formula is C39H68NO9P. The molecule has 0 radical (unpaired) electrons. The van der Waals surface area contributed by atoms with E-state index in [1.54, 1.807) is 12.2 Å². The molecule has 2 unspecified atom stereocenters. The van der Waals surface area contributed by atoms with Crippen LogP contribution in [0.3, 0.4) is 0 Å². The topological polar surface area (TPSA) is 155 Å². The van der Waals surface area contributed by atoms with Crippen molar-refractivity contribution in [2.45, 2.75) is 148 Å². The molecule has 0 amide bonds. The summed E-state index contributed by atoms with van der Waals surface area (Å²) in [5, 5.41) is 10.2. The normalized spacial score (nSPS) is 14.7. The minimum absolute atomic E-state index is 0.0256. The Morgan fingerprint density at radius 3 is 1.86 bits per heavy atom. The minimum atomic E-state index is -4.42. The Hall–Kier alpha value is -2.33. The van der Waals surface area contributed by atoms with E-state index < -0.39 is 38.6 Å². The number of aliphatic hydroxyl groups excluding tert-OH is 1. The Morgan fingerprint density at radius 1 is 0.700 bits per heavy atom. The smallest absolute Gasteiger partial charge is 0.462 e. The van der Waals surface area contributed by atoms with Crippen LogP contribution in [0.5, 0.6) is 0 Å². The summed E-state index contributed by atoms with van der Waals surface area (Å²) in [6.45, 7) is 3.35. The van der Waals surface area contributed by atoms with Crippen molar-refractivity contribution >= 4 is 19.8 Å². The van der Waals surface area contributed by atoms with Gasteiger partial charge in [-0.3, -0.25) is 18.6 Å². The summed E-state index contributed by atoms with van der Waals surface area (Å²) < 4.78 is 32.5. The lowest BCUT2D eigenvalue weighted by Crippen LogP contribution is -2.29. The highest BCUT2D eigenvalue weighted by atomic mass is 31.2. The van der Waals surface area contributed by atoms with E-state index in [1.165, 1.54) is 44.9 Å². The van der Waals surface area contributed by atoms with Gasteiger partial charge in [-0.05, 0) is 44.9 Å². The van der Waals surface area contributed by atoms with Gasteiger partial charge in [0.2, 0.25) is 0 Å². The number of aliphatic hydroxyl groups is 1. The highest BCUT2D eigenvalue weighted by Crippen LogP contribution is 2.43. The molecule has 0 saturated carbocycles. The van der Waals surface area contributed by atoms with Gasteiger partial charge in [0.1, 0.15) is 6.61 Å². The zero-order valence-corrected chi connectivity index (χ0v) is 31.9. The van der Waals surface area contributed by atoms with Crippen LogP contribution in [0.4, 0.5) is 0 Å². The average molecular weight is 726 g/mol. The maximum atomic E-state index is 12.5. The Bertz CT molecular complexity index is 1030. The van der Waals surface area contributed by atoms with Crippen molar-refractivity contribution in [3.05, 3.63) is 60.8 Å². The summed E-state index contributed by atoms with van der Waals surface area (Å²) in [6.07, 6.45) is 35.8. The molecule has 0 aliphatic rings. The molecule has 0 spiro atoms. The van der Waals surface area contributed by atoms with Gasteiger partial charge in [0, 0.05) is 19.4 Å². The third kappa shape index (κ3) is 34.1. The highest BCUT2D eigenvalue weighted by Gasteiger charge is 2.26. The van der Waals surface area contributed by atoms with Crippen molar-refractivity contribution in [2.24, 2.45) is 5.73 Å². The number of rotatable bonds is 34. The van der Waals surface area contributed by atoms with Crippen LogP contribution in [0.2, 0.25) is 0 Å². The lowest BCUT2D eigenvalue weighted by molar-refractivity contribution is -0.161. The first kappa shape index (κ1) is 47.7. The second kappa shape index (κ2) is 35.1. The van der Waals surface area contributed by atoms with E-state index in [4.69, 9.17) is 24.3 Å². The van der Waals surface area contributed by atoms with E-state index in [0.717, 1.165) is 44.9 Å². The van der Waals surface area contributed by atoms with Crippen LogP contribution in [-0.4, -0.2) is 60.5 Å². The first-order chi connectivity index (χ1) is 24.2. The molecule has 11 heteroatoms. The zero-order valence-electron chi connectivity index (χ0n) is 31.0. The van der Waals surface area contributed by atoms with E-state index >= 15 is 0 Å². The summed E-state index contributed by atoms with van der Waals surface area (Å²) >= 11 is 0. The molecule has 0 saturated heterocycles. The number of nitrogens with two attached hydrogens (primary N) is 1. The summed E-state index contributed by atoms with van der Waals surface area (Å²) in [4.78, 5) is 34.7. The molecule has 50 heavy (non-hydrogen) atoms. The SMILES string of the molecule is CC/C=C\C/C=C\C/C=C\C/C=C\C=C\C(O)CCCC(=O)OC[C@H](COP(=O)(O)OCCN)OC(=O)CCCCCCCCCCCCC. The molecule has 0 rings (SSSR count). The lowest BCUT2D eigenvalue weighted by Gasteiger charge is -2.20.